The highest BCUT2D eigenvalue weighted by molar-refractivity contribution is 5.73. The summed E-state index contributed by atoms with van der Waals surface area (Å²) < 4.78 is 80.5. The second-order valence-electron chi connectivity index (χ2n) is 9.03. The van der Waals surface area contributed by atoms with Gasteiger partial charge in [0.25, 0.3) is 0 Å². The number of likely N-dealkylation sites (tertiary alicyclic amines) is 1. The number of carbonyl (C=O) groups is 2. The number of rotatable bonds is 6. The van der Waals surface area contributed by atoms with E-state index in [1.54, 1.807) is 12.5 Å². The number of halogens is 6. The molecule has 1 atom stereocenters. The van der Waals surface area contributed by atoms with Crippen molar-refractivity contribution in [1.82, 2.24) is 9.88 Å². The first-order chi connectivity index (χ1) is 18.2. The van der Waals surface area contributed by atoms with Crippen LogP contribution >= 0.6 is 0 Å². The lowest BCUT2D eigenvalue weighted by Gasteiger charge is -2.38. The number of ether oxygens (including phenoxy) is 2. The molecule has 2 aromatic heterocycles. The number of hydrogen-bond acceptors (Lipinski definition) is 7. The first kappa shape index (κ1) is 32.0. The molecule has 218 valence electrons. The average molecular weight is 570 g/mol. The van der Waals surface area contributed by atoms with Gasteiger partial charge in [-0.25, -0.2) is 9.59 Å². The van der Waals surface area contributed by atoms with E-state index >= 15 is 0 Å². The smallest absolute Gasteiger partial charge is 0.475 e. The number of piperidine rings is 1. The highest BCUT2D eigenvalue weighted by Gasteiger charge is 2.42. The molecule has 0 aliphatic carbocycles. The third-order valence-corrected chi connectivity index (χ3v) is 5.97. The lowest BCUT2D eigenvalue weighted by molar-refractivity contribution is -0.193. The van der Waals surface area contributed by atoms with Crippen LogP contribution in [-0.4, -0.2) is 76.8 Å². The molecule has 2 aromatic rings. The Bertz CT molecular complexity index is 984. The lowest BCUT2D eigenvalue weighted by Crippen LogP contribution is -2.40. The largest absolute Gasteiger partial charge is 0.490 e. The standard InChI is InChI=1S/C20H26N2O3.2C2HF3O2/c1-2-17(11-21-6-1)13-24-15-19-10-20(16-25-19)4-7-22(8-5-20)12-18-3-9-23-14-18;2*3-2(4,5)1(6)7/h1-3,6,9,11,14,19H,4-5,7-8,10,12-13,15-16H2;2*(H,6,7). The zero-order chi connectivity index (χ0) is 29.1. The summed E-state index contributed by atoms with van der Waals surface area (Å²) in [6.07, 6.45) is 0.851. The van der Waals surface area contributed by atoms with E-state index in [4.69, 9.17) is 33.7 Å². The Balaban J connectivity index is 0.000000317. The van der Waals surface area contributed by atoms with Crippen LogP contribution in [0.3, 0.4) is 0 Å². The number of aromatic nitrogens is 1. The van der Waals surface area contributed by atoms with Crippen LogP contribution < -0.4 is 0 Å². The van der Waals surface area contributed by atoms with E-state index < -0.39 is 24.3 Å². The minimum Gasteiger partial charge on any atom is -0.475 e. The van der Waals surface area contributed by atoms with Gasteiger partial charge in [0.2, 0.25) is 0 Å². The molecule has 2 N–H and O–H groups in total. The maximum Gasteiger partial charge on any atom is 0.490 e. The molecule has 0 radical (unpaired) electrons. The zero-order valence-corrected chi connectivity index (χ0v) is 20.6. The van der Waals surface area contributed by atoms with Gasteiger partial charge in [0.05, 0.1) is 38.5 Å². The van der Waals surface area contributed by atoms with Crippen LogP contribution in [0.2, 0.25) is 0 Å². The molecule has 4 rings (SSSR count). The van der Waals surface area contributed by atoms with Crippen molar-refractivity contribution in [2.75, 3.05) is 26.3 Å². The van der Waals surface area contributed by atoms with E-state index in [1.165, 1.54) is 18.4 Å². The first-order valence-electron chi connectivity index (χ1n) is 11.6. The average Bonchev–Trinajstić information content (AvgIpc) is 3.51. The Kier molecular flexibility index (Phi) is 11.7. The van der Waals surface area contributed by atoms with Gasteiger partial charge in [-0.05, 0) is 55.5 Å². The molecule has 4 heterocycles. The van der Waals surface area contributed by atoms with E-state index in [2.05, 4.69) is 16.0 Å². The minimum absolute atomic E-state index is 0.233. The molecule has 1 unspecified atom stereocenters. The molecule has 15 heteroatoms. The van der Waals surface area contributed by atoms with Gasteiger partial charge in [-0.15, -0.1) is 0 Å². The Morgan fingerprint density at radius 2 is 1.67 bits per heavy atom. The molecule has 2 aliphatic rings. The van der Waals surface area contributed by atoms with Crippen molar-refractivity contribution in [1.29, 1.82) is 0 Å². The molecule has 2 fully saturated rings. The van der Waals surface area contributed by atoms with E-state index in [0.717, 1.165) is 38.2 Å². The van der Waals surface area contributed by atoms with Crippen molar-refractivity contribution in [3.63, 3.8) is 0 Å². The number of furan rings is 1. The summed E-state index contributed by atoms with van der Waals surface area (Å²) in [5.41, 5.74) is 2.73. The van der Waals surface area contributed by atoms with Gasteiger partial charge >= 0.3 is 24.3 Å². The summed E-state index contributed by atoms with van der Waals surface area (Å²) >= 11 is 0. The van der Waals surface area contributed by atoms with E-state index in [-0.39, 0.29) is 6.10 Å². The van der Waals surface area contributed by atoms with Crippen LogP contribution in [-0.2, 0) is 32.2 Å². The number of hydrogen-bond donors (Lipinski definition) is 2. The van der Waals surface area contributed by atoms with Crippen molar-refractivity contribution in [2.45, 2.75) is 50.9 Å². The number of carboxylic acid groups (broad SMARTS) is 2. The van der Waals surface area contributed by atoms with E-state index in [1.807, 2.05) is 24.6 Å². The van der Waals surface area contributed by atoms with Crippen molar-refractivity contribution in [3.8, 4) is 0 Å². The van der Waals surface area contributed by atoms with Gasteiger partial charge in [-0.3, -0.25) is 9.88 Å². The quantitative estimate of drug-likeness (QED) is 0.483. The van der Waals surface area contributed by atoms with Gasteiger partial charge in [-0.2, -0.15) is 26.3 Å². The van der Waals surface area contributed by atoms with Gasteiger partial charge in [0.1, 0.15) is 0 Å². The second kappa shape index (κ2) is 14.3. The number of nitrogens with zero attached hydrogens (tertiary/aromatic N) is 2. The Hall–Kier alpha value is -3.17. The lowest BCUT2D eigenvalue weighted by atomic mass is 9.76. The Morgan fingerprint density at radius 3 is 2.15 bits per heavy atom. The summed E-state index contributed by atoms with van der Waals surface area (Å²) in [7, 11) is 0. The maximum absolute atomic E-state index is 10.6. The summed E-state index contributed by atoms with van der Waals surface area (Å²) in [4.78, 5) is 24.4. The van der Waals surface area contributed by atoms with Crippen molar-refractivity contribution in [3.05, 3.63) is 54.2 Å². The van der Waals surface area contributed by atoms with Crippen molar-refractivity contribution >= 4 is 11.9 Å². The minimum atomic E-state index is -5.08. The molecular formula is C24H28F6N2O7. The normalized spacial score (nSPS) is 19.0. The fourth-order valence-corrected chi connectivity index (χ4v) is 3.97. The second-order valence-corrected chi connectivity index (χ2v) is 9.03. The number of aliphatic carboxylic acids is 2. The van der Waals surface area contributed by atoms with Crippen LogP contribution in [0.1, 0.15) is 30.4 Å². The summed E-state index contributed by atoms with van der Waals surface area (Å²) in [6.45, 7) is 5.43. The predicted molar refractivity (Wildman–Crippen MR) is 121 cm³/mol. The molecule has 0 amide bonds. The van der Waals surface area contributed by atoms with Crippen LogP contribution in [0, 0.1) is 5.41 Å². The Morgan fingerprint density at radius 1 is 1.05 bits per heavy atom. The molecule has 2 saturated heterocycles. The van der Waals surface area contributed by atoms with Crippen molar-refractivity contribution in [2.24, 2.45) is 5.41 Å². The van der Waals surface area contributed by atoms with Gasteiger partial charge < -0.3 is 24.1 Å². The topological polar surface area (TPSA) is 122 Å². The fraction of sp³-hybridized carbons (Fsp3) is 0.542. The van der Waals surface area contributed by atoms with Crippen LogP contribution in [0.15, 0.2) is 47.5 Å². The molecule has 1 spiro atoms. The Labute approximate surface area is 219 Å². The zero-order valence-electron chi connectivity index (χ0n) is 20.6. The fourth-order valence-electron chi connectivity index (χ4n) is 3.97. The molecule has 2 aliphatic heterocycles. The third kappa shape index (κ3) is 11.6. The SMILES string of the molecule is O=C(O)C(F)(F)F.O=C(O)C(F)(F)F.c1cncc(COCC2CC3(CCN(Cc4ccoc4)CC3)CO2)c1. The molecule has 39 heavy (non-hydrogen) atoms. The third-order valence-electron chi connectivity index (χ3n) is 5.97. The summed E-state index contributed by atoms with van der Waals surface area (Å²) in [5, 5.41) is 14.2. The highest BCUT2D eigenvalue weighted by atomic mass is 19.4. The first-order valence-corrected chi connectivity index (χ1v) is 11.6. The van der Waals surface area contributed by atoms with E-state index in [9.17, 15) is 26.3 Å². The molecular weight excluding hydrogens is 542 g/mol. The van der Waals surface area contributed by atoms with E-state index in [0.29, 0.717) is 18.6 Å². The van der Waals surface area contributed by atoms with Crippen LogP contribution in [0.5, 0.6) is 0 Å². The summed E-state index contributed by atoms with van der Waals surface area (Å²) in [6, 6.07) is 6.04. The van der Waals surface area contributed by atoms with Gasteiger partial charge in [0.15, 0.2) is 0 Å². The highest BCUT2D eigenvalue weighted by Crippen LogP contribution is 2.42. The summed E-state index contributed by atoms with van der Waals surface area (Å²) in [5.74, 6) is -5.51. The van der Waals surface area contributed by atoms with Gasteiger partial charge in [0, 0.05) is 24.5 Å². The molecule has 0 saturated carbocycles. The van der Waals surface area contributed by atoms with Crippen LogP contribution in [0.25, 0.3) is 0 Å². The maximum atomic E-state index is 10.6. The number of pyridine rings is 1. The molecule has 9 nitrogen and oxygen atoms in total. The monoisotopic (exact) mass is 570 g/mol. The van der Waals surface area contributed by atoms with Crippen LogP contribution in [0.4, 0.5) is 26.3 Å². The number of alkyl halides is 6. The number of carboxylic acids is 2. The predicted octanol–water partition coefficient (Wildman–Crippen LogP) is 4.53. The van der Waals surface area contributed by atoms with Gasteiger partial charge in [-0.1, -0.05) is 6.07 Å². The van der Waals surface area contributed by atoms with Crippen molar-refractivity contribution < 1.29 is 60.0 Å². The molecule has 0 aromatic carbocycles. The molecule has 0 bridgehead atoms.